The molecule has 0 aromatic carbocycles. The van der Waals surface area contributed by atoms with Crippen molar-refractivity contribution in [1.29, 1.82) is 0 Å². The molecule has 3 heteroatoms. The van der Waals surface area contributed by atoms with E-state index in [2.05, 4.69) is 15.8 Å². The summed E-state index contributed by atoms with van der Waals surface area (Å²) in [4.78, 5) is 0. The van der Waals surface area contributed by atoms with Gasteiger partial charge in [-0.1, -0.05) is 19.3 Å². The van der Waals surface area contributed by atoms with Gasteiger partial charge in [0.1, 0.15) is 5.50 Å². The summed E-state index contributed by atoms with van der Waals surface area (Å²) in [7, 11) is 0. The van der Waals surface area contributed by atoms with Crippen LogP contribution in [0.4, 0.5) is 0 Å². The smallest absolute Gasteiger partial charge is 0.114 e. The van der Waals surface area contributed by atoms with Gasteiger partial charge in [-0.05, 0) is 36.3 Å². The molecule has 1 saturated carbocycles. The number of nitrogens with zero attached hydrogens (tertiary/aromatic N) is 1. The number of hydrogen-bond acceptors (Lipinski definition) is 2. The van der Waals surface area contributed by atoms with Crippen molar-refractivity contribution in [3.05, 3.63) is 11.5 Å². The summed E-state index contributed by atoms with van der Waals surface area (Å²) in [6.45, 7) is 0. The molecule has 0 aromatic heterocycles. The molecule has 1 atom stereocenters. The van der Waals surface area contributed by atoms with Crippen molar-refractivity contribution >= 4 is 23.5 Å². The van der Waals surface area contributed by atoms with E-state index in [4.69, 9.17) is 11.6 Å². The highest BCUT2D eigenvalue weighted by Gasteiger charge is 2.27. The molecular weight excluding hydrogens is 190 g/mol. The Morgan fingerprint density at radius 2 is 2.00 bits per heavy atom. The predicted molar refractivity (Wildman–Crippen MR) is 55.1 cm³/mol. The molecule has 1 nitrogen and oxygen atoms in total. The molecule has 0 bridgehead atoms. The average molecular weight is 204 g/mol. The monoisotopic (exact) mass is 203 g/mol. The van der Waals surface area contributed by atoms with E-state index in [9.17, 15) is 0 Å². The minimum absolute atomic E-state index is 0.137. The first kappa shape index (κ1) is 8.92. The standard InChI is InChI=1S/C9H14ClNS/c10-9-6-7-12-11(9)8-4-2-1-3-5-8/h6-9H,1-5H2. The number of halogens is 1. The lowest BCUT2D eigenvalue weighted by molar-refractivity contribution is 0.279. The Morgan fingerprint density at radius 1 is 1.25 bits per heavy atom. The van der Waals surface area contributed by atoms with Crippen molar-refractivity contribution in [1.82, 2.24) is 4.31 Å². The zero-order valence-electron chi connectivity index (χ0n) is 7.08. The third kappa shape index (κ3) is 1.81. The predicted octanol–water partition coefficient (Wildman–Crippen LogP) is 3.36. The first-order valence-corrected chi connectivity index (χ1v) is 5.91. The Hall–Kier alpha value is 0.340. The maximum atomic E-state index is 6.13. The zero-order chi connectivity index (χ0) is 8.39. The van der Waals surface area contributed by atoms with E-state index < -0.39 is 0 Å². The maximum absolute atomic E-state index is 6.13. The van der Waals surface area contributed by atoms with E-state index in [1.54, 1.807) is 11.9 Å². The number of alkyl halides is 1. The summed E-state index contributed by atoms with van der Waals surface area (Å²) in [5, 5.41) is 2.10. The molecule has 1 fully saturated rings. The Morgan fingerprint density at radius 3 is 2.58 bits per heavy atom. The molecule has 0 N–H and O–H groups in total. The fraction of sp³-hybridized carbons (Fsp3) is 0.778. The van der Waals surface area contributed by atoms with Gasteiger partial charge in [0.15, 0.2) is 0 Å². The van der Waals surface area contributed by atoms with E-state index >= 15 is 0 Å². The topological polar surface area (TPSA) is 3.24 Å². The summed E-state index contributed by atoms with van der Waals surface area (Å²) < 4.78 is 2.33. The molecule has 2 aliphatic rings. The molecule has 1 heterocycles. The zero-order valence-corrected chi connectivity index (χ0v) is 8.65. The SMILES string of the molecule is ClC1C=CSN1C1CCCCC1. The highest BCUT2D eigenvalue weighted by molar-refractivity contribution is 8.00. The van der Waals surface area contributed by atoms with Crippen LogP contribution in [0.1, 0.15) is 32.1 Å². The van der Waals surface area contributed by atoms with Crippen LogP contribution in [-0.2, 0) is 0 Å². The van der Waals surface area contributed by atoms with Gasteiger partial charge in [0.2, 0.25) is 0 Å². The highest BCUT2D eigenvalue weighted by Crippen LogP contribution is 2.35. The molecule has 12 heavy (non-hydrogen) atoms. The van der Waals surface area contributed by atoms with Crippen LogP contribution in [0.15, 0.2) is 11.5 Å². The van der Waals surface area contributed by atoms with Gasteiger partial charge in [-0.3, -0.25) is 0 Å². The van der Waals surface area contributed by atoms with Gasteiger partial charge in [0, 0.05) is 6.04 Å². The van der Waals surface area contributed by atoms with Crippen LogP contribution in [0.2, 0.25) is 0 Å². The van der Waals surface area contributed by atoms with Crippen molar-refractivity contribution in [3.8, 4) is 0 Å². The van der Waals surface area contributed by atoms with Gasteiger partial charge in [-0.15, -0.1) is 11.6 Å². The van der Waals surface area contributed by atoms with Crippen molar-refractivity contribution in [3.63, 3.8) is 0 Å². The lowest BCUT2D eigenvalue weighted by atomic mass is 9.95. The van der Waals surface area contributed by atoms with Crippen LogP contribution in [0.5, 0.6) is 0 Å². The minimum Gasteiger partial charge on any atom is -0.223 e. The van der Waals surface area contributed by atoms with Crippen LogP contribution in [-0.4, -0.2) is 15.8 Å². The summed E-state index contributed by atoms with van der Waals surface area (Å²) in [6, 6.07) is 0.723. The summed E-state index contributed by atoms with van der Waals surface area (Å²) in [6.07, 6.45) is 8.91. The Bertz CT molecular complexity index is 177. The molecule has 68 valence electrons. The van der Waals surface area contributed by atoms with E-state index in [0.717, 1.165) is 6.04 Å². The maximum Gasteiger partial charge on any atom is 0.114 e. The normalized spacial score (nSPS) is 32.9. The van der Waals surface area contributed by atoms with Gasteiger partial charge in [-0.25, -0.2) is 4.31 Å². The molecule has 0 spiro atoms. The van der Waals surface area contributed by atoms with Gasteiger partial charge in [0.05, 0.1) is 0 Å². The average Bonchev–Trinajstić information content (AvgIpc) is 2.53. The second-order valence-electron chi connectivity index (χ2n) is 3.46. The first-order chi connectivity index (χ1) is 5.88. The second-order valence-corrected chi connectivity index (χ2v) is 4.81. The minimum atomic E-state index is 0.137. The van der Waals surface area contributed by atoms with Crippen LogP contribution < -0.4 is 0 Å². The van der Waals surface area contributed by atoms with E-state index in [0.29, 0.717) is 0 Å². The molecule has 0 aromatic rings. The fourth-order valence-corrected chi connectivity index (χ4v) is 3.32. The molecule has 0 amide bonds. The van der Waals surface area contributed by atoms with E-state index in [-0.39, 0.29) is 5.50 Å². The van der Waals surface area contributed by atoms with Crippen molar-refractivity contribution in [2.24, 2.45) is 0 Å². The number of hydrogen-bond donors (Lipinski definition) is 0. The van der Waals surface area contributed by atoms with Crippen LogP contribution >= 0.6 is 23.5 Å². The van der Waals surface area contributed by atoms with Crippen LogP contribution in [0.3, 0.4) is 0 Å². The van der Waals surface area contributed by atoms with Gasteiger partial charge < -0.3 is 0 Å². The van der Waals surface area contributed by atoms with Crippen LogP contribution in [0, 0.1) is 0 Å². The molecule has 2 rings (SSSR count). The molecule has 1 aliphatic heterocycles. The second kappa shape index (κ2) is 4.03. The lowest BCUT2D eigenvalue weighted by Crippen LogP contribution is -2.33. The molecule has 0 saturated heterocycles. The Balaban J connectivity index is 1.90. The van der Waals surface area contributed by atoms with E-state index in [1.807, 2.05) is 0 Å². The summed E-state index contributed by atoms with van der Waals surface area (Å²) in [5.41, 5.74) is 0.137. The summed E-state index contributed by atoms with van der Waals surface area (Å²) >= 11 is 7.91. The number of rotatable bonds is 1. The van der Waals surface area contributed by atoms with Crippen molar-refractivity contribution < 1.29 is 0 Å². The third-order valence-electron chi connectivity index (χ3n) is 2.60. The Labute approximate surface area is 83.3 Å². The van der Waals surface area contributed by atoms with Gasteiger partial charge >= 0.3 is 0 Å². The van der Waals surface area contributed by atoms with Crippen molar-refractivity contribution in [2.45, 2.75) is 43.6 Å². The van der Waals surface area contributed by atoms with Crippen molar-refractivity contribution in [2.75, 3.05) is 0 Å². The van der Waals surface area contributed by atoms with Gasteiger partial charge in [-0.2, -0.15) is 0 Å². The summed E-state index contributed by atoms with van der Waals surface area (Å²) in [5.74, 6) is 0. The fourth-order valence-electron chi connectivity index (χ4n) is 1.94. The lowest BCUT2D eigenvalue weighted by Gasteiger charge is -2.31. The largest absolute Gasteiger partial charge is 0.223 e. The first-order valence-electron chi connectivity index (χ1n) is 4.64. The molecule has 1 unspecified atom stereocenters. The molecular formula is C9H14ClNS. The van der Waals surface area contributed by atoms with Crippen LogP contribution in [0.25, 0.3) is 0 Å². The molecule has 0 radical (unpaired) electrons. The van der Waals surface area contributed by atoms with Gasteiger partial charge in [0.25, 0.3) is 0 Å². The van der Waals surface area contributed by atoms with E-state index in [1.165, 1.54) is 32.1 Å². The third-order valence-corrected chi connectivity index (χ3v) is 4.12. The quantitative estimate of drug-likeness (QED) is 0.365. The highest BCUT2D eigenvalue weighted by atomic mass is 35.5. The molecule has 1 aliphatic carbocycles. The Kier molecular flexibility index (Phi) is 3.00.